The van der Waals surface area contributed by atoms with Crippen LogP contribution in [0.1, 0.15) is 15.9 Å². The molecule has 39 heavy (non-hydrogen) atoms. The number of carbonyl (C=O) groups excluding carboxylic acids is 3. The van der Waals surface area contributed by atoms with Gasteiger partial charge in [-0.3, -0.25) is 14.4 Å². The fourth-order valence-electron chi connectivity index (χ4n) is 6.37. The molecule has 0 aliphatic carbocycles. The average molecular weight is 579 g/mol. The van der Waals surface area contributed by atoms with Gasteiger partial charge in [-0.15, -0.1) is 0 Å². The molecule has 4 atom stereocenters. The Kier molecular flexibility index (Phi) is 5.45. The summed E-state index contributed by atoms with van der Waals surface area (Å²) >= 11 is 3.49. The molecule has 0 spiro atoms. The second-order valence-corrected chi connectivity index (χ2v) is 10.9. The highest BCUT2D eigenvalue weighted by molar-refractivity contribution is 9.10. The van der Waals surface area contributed by atoms with E-state index in [4.69, 9.17) is 4.74 Å². The molecule has 0 saturated carbocycles. The van der Waals surface area contributed by atoms with Crippen molar-refractivity contribution < 1.29 is 19.1 Å². The quantitative estimate of drug-likeness (QED) is 0.223. The number of amides is 2. The number of ketones is 1. The van der Waals surface area contributed by atoms with E-state index in [9.17, 15) is 14.4 Å². The van der Waals surface area contributed by atoms with Crippen LogP contribution in [0.15, 0.2) is 95.5 Å². The summed E-state index contributed by atoms with van der Waals surface area (Å²) in [7, 11) is 1.56. The Hall–Kier alpha value is -4.23. The summed E-state index contributed by atoms with van der Waals surface area (Å²) in [5.74, 6) is -1.71. The number of hydrogen-bond acceptors (Lipinski definition) is 5. The molecule has 7 heteroatoms. The van der Waals surface area contributed by atoms with Gasteiger partial charge >= 0.3 is 0 Å². The highest BCUT2D eigenvalue weighted by Gasteiger charge is 2.64. The number of imide groups is 1. The van der Waals surface area contributed by atoms with Crippen LogP contribution in [0, 0.1) is 11.8 Å². The van der Waals surface area contributed by atoms with Crippen molar-refractivity contribution in [1.29, 1.82) is 0 Å². The van der Waals surface area contributed by atoms with Crippen molar-refractivity contribution in [2.45, 2.75) is 12.1 Å². The minimum atomic E-state index is -0.840. The summed E-state index contributed by atoms with van der Waals surface area (Å²) in [6, 6.07) is 25.1. The molecule has 6 nitrogen and oxygen atoms in total. The molecule has 0 unspecified atom stereocenters. The van der Waals surface area contributed by atoms with E-state index in [1.165, 1.54) is 4.90 Å². The van der Waals surface area contributed by atoms with Gasteiger partial charge in [0.15, 0.2) is 5.78 Å². The number of hydrogen-bond donors (Lipinski definition) is 0. The fraction of sp³-hybridized carbons (Fsp3) is 0.156. The Balaban J connectivity index is 1.36. The van der Waals surface area contributed by atoms with Crippen LogP contribution in [-0.2, 0) is 9.59 Å². The Bertz CT molecular complexity index is 1730. The number of anilines is 2. The Morgan fingerprint density at radius 1 is 0.846 bits per heavy atom. The molecular weight excluding hydrogens is 556 g/mol. The standard InChI is InChI=1S/C32H23BrN2O4/c1-39-26-15-12-21(17-23(26)33)30(36)29-28-27(25-14-11-19-7-4-5-9-24(19)35(25)29)31(37)34(32(28)38)22-13-10-18-6-2-3-8-20(18)16-22/h2-17,25,27-29H,1H3/t25-,27-,28-,29+/m0/s1. The van der Waals surface area contributed by atoms with Gasteiger partial charge in [0.25, 0.3) is 0 Å². The van der Waals surface area contributed by atoms with Gasteiger partial charge in [0.05, 0.1) is 35.1 Å². The smallest absolute Gasteiger partial charge is 0.240 e. The third-order valence-electron chi connectivity index (χ3n) is 8.11. The van der Waals surface area contributed by atoms with Crippen LogP contribution in [-0.4, -0.2) is 36.8 Å². The second-order valence-electron chi connectivity index (χ2n) is 10.1. The number of ether oxygens (including phenoxy) is 1. The highest BCUT2D eigenvalue weighted by Crippen LogP contribution is 2.50. The lowest BCUT2D eigenvalue weighted by atomic mass is 9.86. The molecule has 2 fully saturated rings. The van der Waals surface area contributed by atoms with Gasteiger partial charge in [0, 0.05) is 11.3 Å². The van der Waals surface area contributed by atoms with Crippen LogP contribution in [0.4, 0.5) is 11.4 Å². The fourth-order valence-corrected chi connectivity index (χ4v) is 6.91. The lowest BCUT2D eigenvalue weighted by Crippen LogP contribution is -2.48. The molecule has 4 aromatic carbocycles. The van der Waals surface area contributed by atoms with Crippen LogP contribution in [0.3, 0.4) is 0 Å². The Labute approximate surface area is 233 Å². The Morgan fingerprint density at radius 2 is 1.59 bits per heavy atom. The summed E-state index contributed by atoms with van der Waals surface area (Å²) in [6.45, 7) is 0. The first-order valence-electron chi connectivity index (χ1n) is 12.8. The lowest BCUT2D eigenvalue weighted by Gasteiger charge is -2.36. The summed E-state index contributed by atoms with van der Waals surface area (Å²) < 4.78 is 5.99. The molecule has 7 rings (SSSR count). The summed E-state index contributed by atoms with van der Waals surface area (Å²) in [6.07, 6.45) is 3.95. The molecule has 0 aromatic heterocycles. The summed E-state index contributed by atoms with van der Waals surface area (Å²) in [5.41, 5.74) is 2.78. The number of nitrogens with zero attached hydrogens (tertiary/aromatic N) is 2. The molecule has 2 saturated heterocycles. The number of para-hydroxylation sites is 1. The number of fused-ring (bicyclic) bond motifs is 6. The van der Waals surface area contributed by atoms with Crippen LogP contribution in [0.25, 0.3) is 16.8 Å². The van der Waals surface area contributed by atoms with E-state index in [0.29, 0.717) is 21.5 Å². The van der Waals surface area contributed by atoms with Crippen molar-refractivity contribution in [3.05, 3.63) is 107 Å². The zero-order valence-electron chi connectivity index (χ0n) is 21.0. The average Bonchev–Trinajstić information content (AvgIpc) is 3.44. The molecule has 2 amide bonds. The molecule has 4 aromatic rings. The normalized spacial score (nSPS) is 23.1. The largest absolute Gasteiger partial charge is 0.496 e. The number of benzene rings is 4. The molecule has 192 valence electrons. The van der Waals surface area contributed by atoms with Crippen molar-refractivity contribution >= 4 is 61.8 Å². The number of halogens is 1. The minimum absolute atomic E-state index is 0.206. The lowest BCUT2D eigenvalue weighted by molar-refractivity contribution is -0.122. The second kappa shape index (κ2) is 8.92. The van der Waals surface area contributed by atoms with Gasteiger partial charge in [0.2, 0.25) is 11.8 Å². The molecule has 0 N–H and O–H groups in total. The molecule has 3 aliphatic heterocycles. The topological polar surface area (TPSA) is 66.9 Å². The van der Waals surface area contributed by atoms with Crippen molar-refractivity contribution in [3.8, 4) is 5.75 Å². The molecule has 0 bridgehead atoms. The van der Waals surface area contributed by atoms with E-state index in [0.717, 1.165) is 22.0 Å². The maximum absolute atomic E-state index is 14.3. The zero-order chi connectivity index (χ0) is 26.8. The summed E-state index contributed by atoms with van der Waals surface area (Å²) in [4.78, 5) is 45.8. The number of carbonyl (C=O) groups is 3. The monoisotopic (exact) mass is 578 g/mol. The number of methoxy groups -OCH3 is 1. The van der Waals surface area contributed by atoms with Gasteiger partial charge in [-0.05, 0) is 68.7 Å². The van der Waals surface area contributed by atoms with Gasteiger partial charge in [-0.1, -0.05) is 60.7 Å². The van der Waals surface area contributed by atoms with Crippen molar-refractivity contribution in [3.63, 3.8) is 0 Å². The van der Waals surface area contributed by atoms with Gasteiger partial charge in [0.1, 0.15) is 11.8 Å². The van der Waals surface area contributed by atoms with Gasteiger partial charge in [-0.25, -0.2) is 4.90 Å². The minimum Gasteiger partial charge on any atom is -0.496 e. The maximum atomic E-state index is 14.3. The van der Waals surface area contributed by atoms with Crippen molar-refractivity contribution in [1.82, 2.24) is 0 Å². The van der Waals surface area contributed by atoms with Crippen LogP contribution in [0.5, 0.6) is 5.75 Å². The first-order chi connectivity index (χ1) is 19.0. The van der Waals surface area contributed by atoms with Gasteiger partial charge < -0.3 is 9.64 Å². The van der Waals surface area contributed by atoms with E-state index in [-0.39, 0.29) is 17.6 Å². The SMILES string of the molecule is COc1ccc(C(=O)[C@H]2[C@H]3C(=O)N(c4ccc5ccccc5c4)C(=O)[C@H]3[C@@H]3C=Cc4ccccc4N32)cc1Br. The maximum Gasteiger partial charge on any atom is 0.240 e. The predicted octanol–water partition coefficient (Wildman–Crippen LogP) is 5.88. The predicted molar refractivity (Wildman–Crippen MR) is 154 cm³/mol. The van der Waals surface area contributed by atoms with Crippen LogP contribution < -0.4 is 14.5 Å². The van der Waals surface area contributed by atoms with Gasteiger partial charge in [-0.2, -0.15) is 0 Å². The third kappa shape index (κ3) is 3.49. The van der Waals surface area contributed by atoms with E-state index in [2.05, 4.69) is 15.9 Å². The van der Waals surface area contributed by atoms with E-state index in [1.807, 2.05) is 77.7 Å². The first-order valence-corrected chi connectivity index (χ1v) is 13.6. The van der Waals surface area contributed by atoms with Crippen molar-refractivity contribution in [2.24, 2.45) is 11.8 Å². The molecular formula is C32H23BrN2O4. The Morgan fingerprint density at radius 3 is 2.38 bits per heavy atom. The highest BCUT2D eigenvalue weighted by atomic mass is 79.9. The molecule has 0 radical (unpaired) electrons. The van der Waals surface area contributed by atoms with Crippen LogP contribution in [0.2, 0.25) is 0 Å². The zero-order valence-corrected chi connectivity index (χ0v) is 22.5. The molecule has 3 heterocycles. The number of Topliss-reactive ketones (excluding diaryl/α,β-unsaturated/α-hetero) is 1. The van der Waals surface area contributed by atoms with E-state index < -0.39 is 23.9 Å². The van der Waals surface area contributed by atoms with Crippen molar-refractivity contribution in [2.75, 3.05) is 16.9 Å². The first kappa shape index (κ1) is 23.9. The summed E-state index contributed by atoms with van der Waals surface area (Å²) in [5, 5.41) is 1.97. The van der Waals surface area contributed by atoms with Crippen LogP contribution >= 0.6 is 15.9 Å². The third-order valence-corrected chi connectivity index (χ3v) is 8.73. The molecule has 3 aliphatic rings. The van der Waals surface area contributed by atoms with E-state index in [1.54, 1.807) is 31.4 Å². The number of rotatable bonds is 4. The van der Waals surface area contributed by atoms with E-state index >= 15 is 0 Å².